The van der Waals surface area contributed by atoms with Crippen LogP contribution in [0.5, 0.6) is 0 Å². The summed E-state index contributed by atoms with van der Waals surface area (Å²) in [6, 6.07) is 13.5. The van der Waals surface area contributed by atoms with Gasteiger partial charge in [-0.15, -0.1) is 0 Å². The lowest BCUT2D eigenvalue weighted by Crippen LogP contribution is -2.41. The summed E-state index contributed by atoms with van der Waals surface area (Å²) in [5.74, 6) is 0.679. The first-order valence-electron chi connectivity index (χ1n) is 16.5. The molecule has 1 amide bonds. The second kappa shape index (κ2) is 17.3. The van der Waals surface area contributed by atoms with E-state index in [1.165, 1.54) is 0 Å². The third kappa shape index (κ3) is 10.6. The van der Waals surface area contributed by atoms with Crippen molar-refractivity contribution in [2.75, 3.05) is 45.1 Å². The van der Waals surface area contributed by atoms with Crippen LogP contribution in [0.2, 0.25) is 0 Å². The number of halogens is 3. The first-order chi connectivity index (χ1) is 23.3. The van der Waals surface area contributed by atoms with E-state index < -0.39 is 20.2 Å². The van der Waals surface area contributed by atoms with Crippen LogP contribution >= 0.6 is 7.52 Å². The van der Waals surface area contributed by atoms with Crippen LogP contribution in [0.1, 0.15) is 56.1 Å². The number of fused-ring (bicyclic) bond motifs is 1. The molecule has 5 rings (SSSR count). The van der Waals surface area contributed by atoms with Crippen molar-refractivity contribution in [1.82, 2.24) is 30.0 Å². The van der Waals surface area contributed by atoms with Gasteiger partial charge in [0.1, 0.15) is 12.8 Å². The van der Waals surface area contributed by atoms with E-state index in [1.54, 1.807) is 17.8 Å². The molecular formula is C34H47F3N7O4P. The van der Waals surface area contributed by atoms with Crippen molar-refractivity contribution in [2.45, 2.75) is 70.3 Å². The van der Waals surface area contributed by atoms with Gasteiger partial charge in [-0.1, -0.05) is 24.8 Å². The molecule has 0 radical (unpaired) electrons. The molecule has 0 saturated carbocycles. The molecule has 268 valence electrons. The van der Waals surface area contributed by atoms with E-state index in [0.717, 1.165) is 66.6 Å². The molecule has 2 aromatic carbocycles. The fourth-order valence-electron chi connectivity index (χ4n) is 6.43. The summed E-state index contributed by atoms with van der Waals surface area (Å²) in [5.41, 5.74) is 3.42. The van der Waals surface area contributed by atoms with Gasteiger partial charge in [0.25, 0.3) is 7.52 Å². The lowest BCUT2D eigenvalue weighted by Gasteiger charge is -2.35. The third-order valence-corrected chi connectivity index (χ3v) is 11.0. The highest BCUT2D eigenvalue weighted by Gasteiger charge is 2.34. The fourth-order valence-corrected chi connectivity index (χ4v) is 8.15. The second-order valence-electron chi connectivity index (χ2n) is 12.6. The van der Waals surface area contributed by atoms with Gasteiger partial charge in [-0.3, -0.25) is 18.9 Å². The van der Waals surface area contributed by atoms with Crippen molar-refractivity contribution in [3.63, 3.8) is 0 Å². The summed E-state index contributed by atoms with van der Waals surface area (Å²) in [7, 11) is -2.01. The number of nitrogens with zero attached hydrogens (tertiary/aromatic N) is 4. The van der Waals surface area contributed by atoms with Crippen molar-refractivity contribution in [2.24, 2.45) is 0 Å². The van der Waals surface area contributed by atoms with E-state index in [-0.39, 0.29) is 12.0 Å². The van der Waals surface area contributed by atoms with Crippen molar-refractivity contribution >= 4 is 42.2 Å². The molecule has 4 N–H and O–H groups in total. The van der Waals surface area contributed by atoms with Gasteiger partial charge in [0.05, 0.1) is 10.8 Å². The summed E-state index contributed by atoms with van der Waals surface area (Å²) in [5, 5.41) is 13.8. The van der Waals surface area contributed by atoms with Gasteiger partial charge in [0.2, 0.25) is 6.41 Å². The van der Waals surface area contributed by atoms with Crippen molar-refractivity contribution in [3.05, 3.63) is 65.9 Å². The van der Waals surface area contributed by atoms with Crippen LogP contribution in [-0.2, 0) is 27.2 Å². The summed E-state index contributed by atoms with van der Waals surface area (Å²) in [6.07, 6.45) is 0.719. The summed E-state index contributed by atoms with van der Waals surface area (Å²) in [4.78, 5) is 32.4. The molecule has 3 aromatic rings. The molecule has 1 unspecified atom stereocenters. The number of carbonyl (C=O) groups excluding carboxylic acids is 2. The van der Waals surface area contributed by atoms with Crippen LogP contribution < -0.4 is 21.3 Å². The number of hydrogen-bond acceptors (Lipinski definition) is 7. The first kappa shape index (κ1) is 38.1. The molecule has 0 bridgehead atoms. The number of hydrogen-bond donors (Lipinski definition) is 4. The monoisotopic (exact) mass is 705 g/mol. The molecule has 2 aliphatic heterocycles. The van der Waals surface area contributed by atoms with Gasteiger partial charge < -0.3 is 25.6 Å². The summed E-state index contributed by atoms with van der Waals surface area (Å²) in [6.45, 7) is 8.58. The minimum atomic E-state index is -4.36. The third-order valence-electron chi connectivity index (χ3n) is 8.85. The van der Waals surface area contributed by atoms with Crippen LogP contribution in [0.25, 0.3) is 10.9 Å². The van der Waals surface area contributed by atoms with E-state index in [2.05, 4.69) is 32.5 Å². The molecule has 3 heterocycles. The van der Waals surface area contributed by atoms with Gasteiger partial charge in [0.15, 0.2) is 5.82 Å². The van der Waals surface area contributed by atoms with Crippen LogP contribution in [0.4, 0.5) is 19.0 Å². The molecule has 2 fully saturated rings. The molecule has 0 aliphatic carbocycles. The molecule has 2 saturated heterocycles. The van der Waals surface area contributed by atoms with Gasteiger partial charge in [-0.2, -0.15) is 18.3 Å². The normalized spacial score (nSPS) is 17.8. The van der Waals surface area contributed by atoms with Crippen LogP contribution in [0, 0.1) is 0 Å². The molecule has 0 spiro atoms. The number of amides is 1. The Bertz CT molecular complexity index is 1610. The van der Waals surface area contributed by atoms with Crippen molar-refractivity contribution in [3.8, 4) is 0 Å². The fraction of sp³-hybridized carbons (Fsp3) is 0.500. The number of alkyl halides is 3. The maximum atomic E-state index is 13.5. The van der Waals surface area contributed by atoms with Gasteiger partial charge in [-0.05, 0) is 87.0 Å². The Labute approximate surface area is 285 Å². The predicted octanol–water partition coefficient (Wildman–Crippen LogP) is 4.74. The molecule has 49 heavy (non-hydrogen) atoms. The van der Waals surface area contributed by atoms with E-state index in [9.17, 15) is 32.2 Å². The standard InChI is InChI=1S/C30H40F3N6O2P.C4H7NO2/c1-21(2)35-25-11-15-38(16-12-25)42(40,41)26-6-4-5-22(17-26)19-37-13-9-23(10-14-37)24-7-8-27-28(18-24)39(20-30(31,32)33)36-29(27)34-3;6-3-1-2-5-4-7/h4-8,17-18,23,25,35H,1,9-16,19-20H2,2-3H3,(H,34,36)(H,40,41);3-4H,1-2H2,(H,5,7). The maximum absolute atomic E-state index is 13.5. The lowest BCUT2D eigenvalue weighted by molar-refractivity contribution is -0.141. The van der Waals surface area contributed by atoms with Gasteiger partial charge in [-0.25, -0.2) is 4.67 Å². The Morgan fingerprint density at radius 2 is 1.80 bits per heavy atom. The second-order valence-corrected chi connectivity index (χ2v) is 14.8. The number of rotatable bonds is 13. The number of likely N-dealkylation sites (tertiary alicyclic amines) is 1. The van der Waals surface area contributed by atoms with Gasteiger partial charge in [0, 0.05) is 56.8 Å². The number of aldehydes is 1. The van der Waals surface area contributed by atoms with Gasteiger partial charge >= 0.3 is 6.18 Å². The Hall–Kier alpha value is -3.71. The molecule has 1 aromatic heterocycles. The number of aromatic nitrogens is 2. The number of nitrogens with one attached hydrogen (secondary N) is 3. The Kier molecular flexibility index (Phi) is 13.4. The van der Waals surface area contributed by atoms with E-state index in [4.69, 9.17) is 0 Å². The predicted molar refractivity (Wildman–Crippen MR) is 186 cm³/mol. The van der Waals surface area contributed by atoms with E-state index in [1.807, 2.05) is 43.3 Å². The minimum Gasteiger partial charge on any atom is -0.386 e. The van der Waals surface area contributed by atoms with Crippen LogP contribution in [-0.4, -0.2) is 88.9 Å². The molecular weight excluding hydrogens is 658 g/mol. The van der Waals surface area contributed by atoms with Crippen LogP contribution in [0.15, 0.2) is 54.7 Å². The minimum absolute atomic E-state index is 0.240. The number of allylic oxidation sites excluding steroid dienone is 1. The van der Waals surface area contributed by atoms with Crippen molar-refractivity contribution in [1.29, 1.82) is 0 Å². The Morgan fingerprint density at radius 1 is 1.08 bits per heavy atom. The molecule has 1 atom stereocenters. The maximum Gasteiger partial charge on any atom is 0.408 e. The largest absolute Gasteiger partial charge is 0.408 e. The average molecular weight is 706 g/mol. The highest BCUT2D eigenvalue weighted by molar-refractivity contribution is 7.63. The quantitative estimate of drug-likeness (QED) is 0.113. The molecule has 2 aliphatic rings. The van der Waals surface area contributed by atoms with Crippen molar-refractivity contribution < 1.29 is 32.2 Å². The lowest BCUT2D eigenvalue weighted by atomic mass is 9.89. The Balaban J connectivity index is 0.000000698. The highest BCUT2D eigenvalue weighted by atomic mass is 31.2. The number of piperidine rings is 2. The summed E-state index contributed by atoms with van der Waals surface area (Å²) < 4.78 is 55.8. The zero-order valence-electron chi connectivity index (χ0n) is 28.1. The number of anilines is 1. The number of carbonyl (C=O) groups is 2. The zero-order valence-corrected chi connectivity index (χ0v) is 29.0. The van der Waals surface area contributed by atoms with E-state index >= 15 is 0 Å². The molecule has 15 heteroatoms. The number of benzene rings is 2. The highest BCUT2D eigenvalue weighted by Crippen LogP contribution is 2.45. The molecule has 11 nitrogen and oxygen atoms in total. The van der Waals surface area contributed by atoms with E-state index in [0.29, 0.717) is 61.0 Å². The topological polar surface area (TPSA) is 132 Å². The van der Waals surface area contributed by atoms with Crippen LogP contribution in [0.3, 0.4) is 0 Å². The smallest absolute Gasteiger partial charge is 0.386 e. The first-order valence-corrected chi connectivity index (χ1v) is 18.1. The zero-order chi connectivity index (χ0) is 35.6. The summed E-state index contributed by atoms with van der Waals surface area (Å²) >= 11 is 0. The SMILES string of the molecule is C=C(C)NC1CCN(P(=O)(O)c2cccc(CN3CCC(c4ccc5c(NC)nn(CC(F)(F)F)c5c4)CC3)c2)CC1.O=CCCNC=O. The Morgan fingerprint density at radius 3 is 2.41 bits per heavy atom. The average Bonchev–Trinajstić information content (AvgIpc) is 3.41.